The molecule has 194 valence electrons. The van der Waals surface area contributed by atoms with Crippen molar-refractivity contribution >= 4 is 17.2 Å². The van der Waals surface area contributed by atoms with E-state index in [4.69, 9.17) is 4.98 Å². The molecular formula is C29H40N4O2S. The molecule has 1 aliphatic heterocycles. The highest BCUT2D eigenvalue weighted by molar-refractivity contribution is 7.13. The lowest BCUT2D eigenvalue weighted by Gasteiger charge is -2.31. The lowest BCUT2D eigenvalue weighted by atomic mass is 9.79. The Balaban J connectivity index is 1.45. The molecule has 1 aliphatic rings. The number of aromatic nitrogens is 3. The summed E-state index contributed by atoms with van der Waals surface area (Å²) in [6, 6.07) is 6.94. The average molecular weight is 509 g/mol. The molecule has 0 saturated carbocycles. The second-order valence-electron chi connectivity index (χ2n) is 12.0. The highest BCUT2D eigenvalue weighted by atomic mass is 32.1. The Morgan fingerprint density at radius 1 is 0.972 bits per heavy atom. The van der Waals surface area contributed by atoms with Gasteiger partial charge in [-0.25, -0.2) is 9.78 Å². The fourth-order valence-corrected chi connectivity index (χ4v) is 5.60. The van der Waals surface area contributed by atoms with Gasteiger partial charge in [0, 0.05) is 48.9 Å². The quantitative estimate of drug-likeness (QED) is 0.438. The van der Waals surface area contributed by atoms with Crippen LogP contribution in [0, 0.1) is 0 Å². The highest BCUT2D eigenvalue weighted by Gasteiger charge is 2.27. The summed E-state index contributed by atoms with van der Waals surface area (Å²) >= 11 is 1.72. The van der Waals surface area contributed by atoms with E-state index in [0.29, 0.717) is 25.6 Å². The SMILES string of the molecule is CCn1ccn(CC(=O)N2CCC(c3csc(-c4cc(C(C)(C)C)cc(C(C)(C)C)c4)n3)CC2)c1=O. The third-order valence-corrected chi connectivity index (χ3v) is 8.17. The molecule has 7 heteroatoms. The summed E-state index contributed by atoms with van der Waals surface area (Å²) in [6.07, 6.45) is 5.24. The Bertz CT molecular complexity index is 1250. The molecule has 36 heavy (non-hydrogen) atoms. The van der Waals surface area contributed by atoms with Gasteiger partial charge in [0.1, 0.15) is 11.6 Å². The van der Waals surface area contributed by atoms with Crippen molar-refractivity contribution in [3.63, 3.8) is 0 Å². The van der Waals surface area contributed by atoms with E-state index in [2.05, 4.69) is 65.1 Å². The van der Waals surface area contributed by atoms with Gasteiger partial charge in [-0.15, -0.1) is 11.3 Å². The van der Waals surface area contributed by atoms with Gasteiger partial charge in [-0.1, -0.05) is 47.6 Å². The van der Waals surface area contributed by atoms with Crippen molar-refractivity contribution in [3.8, 4) is 10.6 Å². The second-order valence-corrected chi connectivity index (χ2v) is 12.9. The summed E-state index contributed by atoms with van der Waals surface area (Å²) in [7, 11) is 0. The molecule has 0 spiro atoms. The predicted molar refractivity (Wildman–Crippen MR) is 148 cm³/mol. The number of likely N-dealkylation sites (tertiary alicyclic amines) is 1. The minimum atomic E-state index is -0.124. The third kappa shape index (κ3) is 5.66. The van der Waals surface area contributed by atoms with Crippen LogP contribution < -0.4 is 5.69 Å². The molecule has 1 fully saturated rings. The van der Waals surface area contributed by atoms with Crippen LogP contribution in [0.25, 0.3) is 10.6 Å². The zero-order valence-electron chi connectivity index (χ0n) is 22.8. The molecule has 6 nitrogen and oxygen atoms in total. The highest BCUT2D eigenvalue weighted by Crippen LogP contribution is 2.37. The molecular weight excluding hydrogens is 468 g/mol. The first-order valence-electron chi connectivity index (χ1n) is 13.0. The van der Waals surface area contributed by atoms with Gasteiger partial charge in [0.05, 0.1) is 5.69 Å². The van der Waals surface area contributed by atoms with E-state index in [9.17, 15) is 9.59 Å². The van der Waals surface area contributed by atoms with Crippen molar-refractivity contribution in [2.45, 2.75) is 91.1 Å². The average Bonchev–Trinajstić information content (AvgIpc) is 3.45. The van der Waals surface area contributed by atoms with E-state index in [-0.39, 0.29) is 29.0 Å². The topological polar surface area (TPSA) is 60.1 Å². The van der Waals surface area contributed by atoms with Crippen molar-refractivity contribution in [2.24, 2.45) is 0 Å². The molecule has 0 bridgehead atoms. The number of thiazole rings is 1. The van der Waals surface area contributed by atoms with Crippen LogP contribution in [0.3, 0.4) is 0 Å². The van der Waals surface area contributed by atoms with Gasteiger partial charge in [-0.05, 0) is 53.9 Å². The molecule has 1 saturated heterocycles. The third-order valence-electron chi connectivity index (χ3n) is 7.26. The van der Waals surface area contributed by atoms with Crippen LogP contribution in [0.5, 0.6) is 0 Å². The van der Waals surface area contributed by atoms with Gasteiger partial charge < -0.3 is 4.90 Å². The Morgan fingerprint density at radius 3 is 2.08 bits per heavy atom. The molecule has 0 radical (unpaired) electrons. The molecule has 0 atom stereocenters. The summed E-state index contributed by atoms with van der Waals surface area (Å²) in [6.45, 7) is 17.6. The Morgan fingerprint density at radius 2 is 1.56 bits per heavy atom. The van der Waals surface area contributed by atoms with Gasteiger partial charge in [0.2, 0.25) is 5.91 Å². The first-order chi connectivity index (χ1) is 16.9. The van der Waals surface area contributed by atoms with Crippen LogP contribution in [0.1, 0.15) is 84.0 Å². The minimum Gasteiger partial charge on any atom is -0.341 e. The molecule has 3 heterocycles. The number of amides is 1. The van der Waals surface area contributed by atoms with Gasteiger partial charge in [0.15, 0.2) is 0 Å². The van der Waals surface area contributed by atoms with Crippen LogP contribution in [0.4, 0.5) is 0 Å². The van der Waals surface area contributed by atoms with Crippen LogP contribution in [0.2, 0.25) is 0 Å². The van der Waals surface area contributed by atoms with Crippen LogP contribution in [0.15, 0.2) is 40.8 Å². The fourth-order valence-electron chi connectivity index (χ4n) is 4.71. The van der Waals surface area contributed by atoms with E-state index in [0.717, 1.165) is 23.5 Å². The van der Waals surface area contributed by atoms with Crippen molar-refractivity contribution < 1.29 is 4.79 Å². The van der Waals surface area contributed by atoms with E-state index >= 15 is 0 Å². The number of piperidine rings is 1. The van der Waals surface area contributed by atoms with E-state index in [1.54, 1.807) is 28.3 Å². The number of carbonyl (C=O) groups is 1. The Hall–Kier alpha value is -2.67. The summed E-state index contributed by atoms with van der Waals surface area (Å²) in [5.74, 6) is 0.368. The number of hydrogen-bond donors (Lipinski definition) is 0. The zero-order chi connectivity index (χ0) is 26.3. The summed E-state index contributed by atoms with van der Waals surface area (Å²) in [5, 5.41) is 3.27. The monoisotopic (exact) mass is 508 g/mol. The molecule has 3 aromatic rings. The maximum Gasteiger partial charge on any atom is 0.328 e. The Labute approximate surface area is 219 Å². The largest absolute Gasteiger partial charge is 0.341 e. The molecule has 1 aromatic carbocycles. The zero-order valence-corrected chi connectivity index (χ0v) is 23.6. The summed E-state index contributed by atoms with van der Waals surface area (Å²) < 4.78 is 3.11. The van der Waals surface area contributed by atoms with Crippen LogP contribution >= 0.6 is 11.3 Å². The second kappa shape index (κ2) is 10.0. The first kappa shape index (κ1) is 26.4. The van der Waals surface area contributed by atoms with E-state index in [1.165, 1.54) is 21.3 Å². The standard InChI is InChI=1S/C29H40N4O2S/c1-8-31-13-14-33(27(31)35)18-25(34)32-11-9-20(10-12-32)24-19-36-26(30-24)21-15-22(28(2,3)4)17-23(16-21)29(5,6)7/h13-17,19-20H,8-12,18H2,1-7H3. The van der Waals surface area contributed by atoms with Crippen molar-refractivity contribution in [3.05, 3.63) is 63.3 Å². The number of nitrogens with zero attached hydrogens (tertiary/aromatic N) is 4. The Kier molecular flexibility index (Phi) is 7.33. The van der Waals surface area contributed by atoms with E-state index in [1.807, 2.05) is 11.8 Å². The molecule has 0 N–H and O–H groups in total. The van der Waals surface area contributed by atoms with Crippen molar-refractivity contribution in [1.82, 2.24) is 19.0 Å². The van der Waals surface area contributed by atoms with E-state index < -0.39 is 0 Å². The molecule has 0 aliphatic carbocycles. The fraction of sp³-hybridized carbons (Fsp3) is 0.552. The number of imidazole rings is 1. The molecule has 0 unspecified atom stereocenters. The molecule has 4 rings (SSSR count). The van der Waals surface area contributed by atoms with Crippen molar-refractivity contribution in [1.29, 1.82) is 0 Å². The maximum absolute atomic E-state index is 12.8. The predicted octanol–water partition coefficient (Wildman–Crippen LogP) is 5.79. The van der Waals surface area contributed by atoms with Gasteiger partial charge in [-0.2, -0.15) is 0 Å². The van der Waals surface area contributed by atoms with Gasteiger partial charge >= 0.3 is 5.69 Å². The number of benzene rings is 1. The minimum absolute atomic E-state index is 0.0112. The molecule has 1 amide bonds. The lowest BCUT2D eigenvalue weighted by molar-refractivity contribution is -0.133. The smallest absolute Gasteiger partial charge is 0.328 e. The van der Waals surface area contributed by atoms with Gasteiger partial charge in [-0.3, -0.25) is 13.9 Å². The van der Waals surface area contributed by atoms with Crippen LogP contribution in [-0.2, 0) is 28.7 Å². The number of rotatable bonds is 5. The van der Waals surface area contributed by atoms with Crippen molar-refractivity contribution in [2.75, 3.05) is 13.1 Å². The molecule has 2 aromatic heterocycles. The maximum atomic E-state index is 12.8. The summed E-state index contributed by atoms with van der Waals surface area (Å²) in [4.78, 5) is 32.1. The van der Waals surface area contributed by atoms with Crippen LogP contribution in [-0.4, -0.2) is 38.0 Å². The lowest BCUT2D eigenvalue weighted by Crippen LogP contribution is -2.41. The number of aryl methyl sites for hydroxylation is 1. The normalized spacial score (nSPS) is 15.5. The number of carbonyl (C=O) groups excluding carboxylic acids is 1. The summed E-state index contributed by atoms with van der Waals surface area (Å²) in [5.41, 5.74) is 5.02. The first-order valence-corrected chi connectivity index (χ1v) is 13.9. The number of hydrogen-bond acceptors (Lipinski definition) is 4. The van der Waals surface area contributed by atoms with Gasteiger partial charge in [0.25, 0.3) is 0 Å².